The summed E-state index contributed by atoms with van der Waals surface area (Å²) in [6, 6.07) is 15.2. The fraction of sp³-hybridized carbons (Fsp3) is 0.143. The second-order valence-electron chi connectivity index (χ2n) is 6.49. The van der Waals surface area contributed by atoms with E-state index in [1.54, 1.807) is 43.6 Å². The fourth-order valence-corrected chi connectivity index (χ4v) is 3.71. The Labute approximate surface area is 164 Å². The van der Waals surface area contributed by atoms with E-state index >= 15 is 0 Å². The zero-order valence-corrected chi connectivity index (χ0v) is 16.5. The highest BCUT2D eigenvalue weighted by molar-refractivity contribution is 7.92. The van der Waals surface area contributed by atoms with E-state index in [-0.39, 0.29) is 10.8 Å². The molecule has 0 atom stereocenters. The van der Waals surface area contributed by atoms with Gasteiger partial charge in [-0.1, -0.05) is 29.8 Å². The van der Waals surface area contributed by atoms with Gasteiger partial charge >= 0.3 is 0 Å². The van der Waals surface area contributed by atoms with E-state index in [1.165, 1.54) is 12.1 Å². The number of sulfonamides is 1. The van der Waals surface area contributed by atoms with Crippen LogP contribution in [0.2, 0.25) is 0 Å². The Bertz CT molecular complexity index is 1080. The van der Waals surface area contributed by atoms with E-state index in [0.717, 1.165) is 11.1 Å². The number of nitrogens with zero attached hydrogens (tertiary/aromatic N) is 1. The maximum Gasteiger partial charge on any atom is 0.261 e. The molecule has 0 saturated carbocycles. The SMILES string of the molecule is Cc1ccc(NS(=O)(=O)c2ccc(C)c(C(=O)NCc3cccnc3)c2)cc1. The maximum atomic E-state index is 12.7. The minimum absolute atomic E-state index is 0.0326. The van der Waals surface area contributed by atoms with Gasteiger partial charge in [-0.2, -0.15) is 0 Å². The Morgan fingerprint density at radius 3 is 2.46 bits per heavy atom. The van der Waals surface area contributed by atoms with Gasteiger partial charge in [-0.15, -0.1) is 0 Å². The van der Waals surface area contributed by atoms with Crippen LogP contribution in [0.15, 0.2) is 71.9 Å². The summed E-state index contributed by atoms with van der Waals surface area (Å²) in [6.45, 7) is 4.00. The van der Waals surface area contributed by atoms with Crippen LogP contribution in [0.4, 0.5) is 5.69 Å². The topological polar surface area (TPSA) is 88.2 Å². The molecule has 6 nitrogen and oxygen atoms in total. The number of amides is 1. The molecule has 2 N–H and O–H groups in total. The van der Waals surface area contributed by atoms with Crippen LogP contribution in [0.3, 0.4) is 0 Å². The molecular formula is C21H21N3O3S. The van der Waals surface area contributed by atoms with Crippen molar-refractivity contribution >= 4 is 21.6 Å². The molecule has 28 heavy (non-hydrogen) atoms. The Balaban J connectivity index is 1.79. The number of benzene rings is 2. The van der Waals surface area contributed by atoms with Crippen LogP contribution < -0.4 is 10.0 Å². The van der Waals surface area contributed by atoms with Gasteiger partial charge in [0, 0.05) is 30.2 Å². The molecule has 0 unspecified atom stereocenters. The third-order valence-electron chi connectivity index (χ3n) is 4.24. The minimum atomic E-state index is -3.81. The lowest BCUT2D eigenvalue weighted by Gasteiger charge is -2.12. The number of hydrogen-bond acceptors (Lipinski definition) is 4. The molecule has 1 aromatic heterocycles. The van der Waals surface area contributed by atoms with Crippen molar-refractivity contribution in [1.82, 2.24) is 10.3 Å². The first kappa shape index (κ1) is 19.6. The van der Waals surface area contributed by atoms with Gasteiger partial charge in [0.25, 0.3) is 15.9 Å². The summed E-state index contributed by atoms with van der Waals surface area (Å²) in [5.41, 5.74) is 3.37. The van der Waals surface area contributed by atoms with Gasteiger partial charge in [0.1, 0.15) is 0 Å². The number of aryl methyl sites for hydroxylation is 2. The van der Waals surface area contributed by atoms with Crippen LogP contribution in [0, 0.1) is 13.8 Å². The zero-order valence-electron chi connectivity index (χ0n) is 15.6. The highest BCUT2D eigenvalue weighted by Gasteiger charge is 2.18. The molecule has 1 amide bonds. The molecule has 0 bridgehead atoms. The average Bonchev–Trinajstić information content (AvgIpc) is 2.69. The summed E-state index contributed by atoms with van der Waals surface area (Å²) < 4.78 is 27.9. The zero-order chi connectivity index (χ0) is 20.1. The first-order valence-corrected chi connectivity index (χ1v) is 10.2. The first-order valence-electron chi connectivity index (χ1n) is 8.72. The monoisotopic (exact) mass is 395 g/mol. The van der Waals surface area contributed by atoms with Gasteiger partial charge < -0.3 is 5.32 Å². The standard InChI is InChI=1S/C21H21N3O3S/c1-15-5-8-18(9-6-15)24-28(26,27)19-10-7-16(2)20(12-19)21(25)23-14-17-4-3-11-22-13-17/h3-13,24H,14H2,1-2H3,(H,23,25). The Morgan fingerprint density at radius 1 is 1.04 bits per heavy atom. The van der Waals surface area contributed by atoms with Crippen LogP contribution >= 0.6 is 0 Å². The van der Waals surface area contributed by atoms with E-state index in [1.807, 2.05) is 25.1 Å². The van der Waals surface area contributed by atoms with E-state index in [4.69, 9.17) is 0 Å². The van der Waals surface area contributed by atoms with E-state index in [0.29, 0.717) is 23.4 Å². The molecule has 3 rings (SSSR count). The molecule has 1 heterocycles. The lowest BCUT2D eigenvalue weighted by atomic mass is 10.1. The molecular weight excluding hydrogens is 374 g/mol. The Hall–Kier alpha value is -3.19. The first-order chi connectivity index (χ1) is 13.3. The normalized spacial score (nSPS) is 11.1. The molecule has 3 aromatic rings. The number of nitrogens with one attached hydrogen (secondary N) is 2. The molecule has 144 valence electrons. The molecule has 0 aliphatic carbocycles. The van der Waals surface area contributed by atoms with Crippen molar-refractivity contribution in [2.24, 2.45) is 0 Å². The van der Waals surface area contributed by atoms with Gasteiger partial charge in [0.2, 0.25) is 0 Å². The number of carbonyl (C=O) groups excluding carboxylic acids is 1. The van der Waals surface area contributed by atoms with Crippen LogP contribution in [-0.2, 0) is 16.6 Å². The Kier molecular flexibility index (Phi) is 5.75. The molecule has 2 aromatic carbocycles. The van der Waals surface area contributed by atoms with Crippen molar-refractivity contribution in [3.8, 4) is 0 Å². The predicted octanol–water partition coefficient (Wildman–Crippen LogP) is 3.43. The van der Waals surface area contributed by atoms with Crippen molar-refractivity contribution in [1.29, 1.82) is 0 Å². The summed E-state index contributed by atoms with van der Waals surface area (Å²) >= 11 is 0. The predicted molar refractivity (Wildman–Crippen MR) is 109 cm³/mol. The highest BCUT2D eigenvalue weighted by atomic mass is 32.2. The minimum Gasteiger partial charge on any atom is -0.348 e. The van der Waals surface area contributed by atoms with E-state index in [2.05, 4.69) is 15.0 Å². The third kappa shape index (κ3) is 4.75. The largest absolute Gasteiger partial charge is 0.348 e. The second-order valence-corrected chi connectivity index (χ2v) is 8.17. The molecule has 0 fully saturated rings. The second kappa shape index (κ2) is 8.22. The molecule has 0 spiro atoms. The maximum absolute atomic E-state index is 12.7. The molecule has 0 saturated heterocycles. The lowest BCUT2D eigenvalue weighted by molar-refractivity contribution is 0.0950. The number of rotatable bonds is 6. The highest BCUT2D eigenvalue weighted by Crippen LogP contribution is 2.20. The smallest absolute Gasteiger partial charge is 0.261 e. The fourth-order valence-electron chi connectivity index (χ4n) is 2.63. The lowest BCUT2D eigenvalue weighted by Crippen LogP contribution is -2.24. The number of hydrogen-bond donors (Lipinski definition) is 2. The average molecular weight is 395 g/mol. The van der Waals surface area contributed by atoms with E-state index < -0.39 is 10.0 Å². The summed E-state index contributed by atoms with van der Waals surface area (Å²) in [5, 5.41) is 2.80. The van der Waals surface area contributed by atoms with Gasteiger partial charge in [-0.05, 0) is 55.3 Å². The van der Waals surface area contributed by atoms with Gasteiger partial charge in [0.05, 0.1) is 4.90 Å². The van der Waals surface area contributed by atoms with Crippen LogP contribution in [0.25, 0.3) is 0 Å². The van der Waals surface area contributed by atoms with Gasteiger partial charge in [0.15, 0.2) is 0 Å². The summed E-state index contributed by atoms with van der Waals surface area (Å²) in [4.78, 5) is 16.6. The molecule has 0 aliphatic rings. The van der Waals surface area contributed by atoms with Crippen LogP contribution in [-0.4, -0.2) is 19.3 Å². The number of pyridine rings is 1. The van der Waals surface area contributed by atoms with Gasteiger partial charge in [-0.25, -0.2) is 8.42 Å². The quantitative estimate of drug-likeness (QED) is 0.669. The molecule has 0 aliphatic heterocycles. The third-order valence-corrected chi connectivity index (χ3v) is 5.62. The van der Waals surface area contributed by atoms with Crippen molar-refractivity contribution in [2.75, 3.05) is 4.72 Å². The van der Waals surface area contributed by atoms with Crippen LogP contribution in [0.5, 0.6) is 0 Å². The summed E-state index contributed by atoms with van der Waals surface area (Å²) in [5.74, 6) is -0.339. The number of anilines is 1. The Morgan fingerprint density at radius 2 is 1.79 bits per heavy atom. The van der Waals surface area contributed by atoms with Crippen molar-refractivity contribution in [2.45, 2.75) is 25.3 Å². The van der Waals surface area contributed by atoms with Crippen molar-refractivity contribution < 1.29 is 13.2 Å². The number of aromatic nitrogens is 1. The summed E-state index contributed by atoms with van der Waals surface area (Å²) in [6.07, 6.45) is 3.32. The van der Waals surface area contributed by atoms with Crippen molar-refractivity contribution in [3.05, 3.63) is 89.2 Å². The van der Waals surface area contributed by atoms with Gasteiger partial charge in [-0.3, -0.25) is 14.5 Å². The molecule has 0 radical (unpaired) electrons. The molecule has 7 heteroatoms. The summed E-state index contributed by atoms with van der Waals surface area (Å²) in [7, 11) is -3.81. The number of carbonyl (C=O) groups is 1. The van der Waals surface area contributed by atoms with Crippen molar-refractivity contribution in [3.63, 3.8) is 0 Å². The van der Waals surface area contributed by atoms with E-state index in [9.17, 15) is 13.2 Å². The van der Waals surface area contributed by atoms with Crippen LogP contribution in [0.1, 0.15) is 27.0 Å².